The van der Waals surface area contributed by atoms with Crippen molar-refractivity contribution in [3.8, 4) is 5.75 Å². The van der Waals surface area contributed by atoms with Crippen LogP contribution in [0, 0.1) is 0 Å². The quantitative estimate of drug-likeness (QED) is 0.508. The number of hydrogen-bond donors (Lipinski definition) is 3. The SMILES string of the molecule is COc1ccc(NCCOC(N)=O)c(N)c1. The van der Waals surface area contributed by atoms with Crippen molar-refractivity contribution in [2.45, 2.75) is 0 Å². The fraction of sp³-hybridized carbons (Fsp3) is 0.300. The van der Waals surface area contributed by atoms with E-state index in [1.54, 1.807) is 25.3 Å². The van der Waals surface area contributed by atoms with E-state index in [0.29, 0.717) is 18.0 Å². The van der Waals surface area contributed by atoms with Gasteiger partial charge in [-0.3, -0.25) is 0 Å². The number of rotatable bonds is 5. The van der Waals surface area contributed by atoms with Gasteiger partial charge < -0.3 is 26.3 Å². The monoisotopic (exact) mass is 225 g/mol. The number of anilines is 2. The molecular weight excluding hydrogens is 210 g/mol. The zero-order valence-corrected chi connectivity index (χ0v) is 9.03. The van der Waals surface area contributed by atoms with Gasteiger partial charge in [-0.25, -0.2) is 4.79 Å². The molecule has 0 radical (unpaired) electrons. The number of nitrogens with one attached hydrogen (secondary N) is 1. The number of amides is 1. The number of nitrogen functional groups attached to an aromatic ring is 1. The fourth-order valence-electron chi connectivity index (χ4n) is 1.17. The van der Waals surface area contributed by atoms with Crippen molar-refractivity contribution in [2.75, 3.05) is 31.3 Å². The summed E-state index contributed by atoms with van der Waals surface area (Å²) in [6.07, 6.45) is -0.787. The molecule has 0 bridgehead atoms. The molecule has 1 aromatic carbocycles. The van der Waals surface area contributed by atoms with Gasteiger partial charge in [-0.1, -0.05) is 0 Å². The predicted molar refractivity (Wildman–Crippen MR) is 61.4 cm³/mol. The summed E-state index contributed by atoms with van der Waals surface area (Å²) in [4.78, 5) is 10.3. The topological polar surface area (TPSA) is 99.6 Å². The molecular formula is C10H15N3O3. The van der Waals surface area contributed by atoms with E-state index in [1.807, 2.05) is 0 Å². The van der Waals surface area contributed by atoms with Gasteiger partial charge in [0, 0.05) is 12.6 Å². The predicted octanol–water partition coefficient (Wildman–Crippen LogP) is 0.785. The van der Waals surface area contributed by atoms with Gasteiger partial charge >= 0.3 is 6.09 Å². The molecule has 6 heteroatoms. The van der Waals surface area contributed by atoms with Gasteiger partial charge in [0.05, 0.1) is 18.5 Å². The fourth-order valence-corrected chi connectivity index (χ4v) is 1.17. The van der Waals surface area contributed by atoms with E-state index in [4.69, 9.17) is 16.2 Å². The lowest BCUT2D eigenvalue weighted by atomic mass is 10.2. The van der Waals surface area contributed by atoms with Crippen molar-refractivity contribution in [2.24, 2.45) is 5.73 Å². The first-order valence-corrected chi connectivity index (χ1v) is 4.73. The standard InChI is InChI=1S/C10H15N3O3/c1-15-7-2-3-9(8(11)6-7)13-4-5-16-10(12)14/h2-3,6,13H,4-5,11H2,1H3,(H2,12,14). The van der Waals surface area contributed by atoms with Crippen LogP contribution in [0.4, 0.5) is 16.2 Å². The van der Waals surface area contributed by atoms with Crippen LogP contribution in [0.1, 0.15) is 0 Å². The van der Waals surface area contributed by atoms with E-state index in [2.05, 4.69) is 10.1 Å². The third-order valence-corrected chi connectivity index (χ3v) is 1.92. The highest BCUT2D eigenvalue weighted by molar-refractivity contribution is 5.68. The molecule has 16 heavy (non-hydrogen) atoms. The summed E-state index contributed by atoms with van der Waals surface area (Å²) in [6.45, 7) is 0.639. The van der Waals surface area contributed by atoms with E-state index in [9.17, 15) is 4.79 Å². The molecule has 1 amide bonds. The molecule has 0 atom stereocenters. The lowest BCUT2D eigenvalue weighted by Crippen LogP contribution is -2.18. The minimum Gasteiger partial charge on any atom is -0.497 e. The Hall–Kier alpha value is -2.11. The normalized spacial score (nSPS) is 9.56. The highest BCUT2D eigenvalue weighted by atomic mass is 16.5. The molecule has 0 spiro atoms. The Morgan fingerprint density at radius 3 is 2.81 bits per heavy atom. The van der Waals surface area contributed by atoms with Gasteiger partial charge in [0.1, 0.15) is 12.4 Å². The van der Waals surface area contributed by atoms with Crippen LogP contribution in [-0.2, 0) is 4.74 Å². The van der Waals surface area contributed by atoms with Gasteiger partial charge in [0.25, 0.3) is 0 Å². The van der Waals surface area contributed by atoms with Crippen LogP contribution < -0.4 is 21.5 Å². The lowest BCUT2D eigenvalue weighted by molar-refractivity contribution is 0.161. The summed E-state index contributed by atoms with van der Waals surface area (Å²) >= 11 is 0. The summed E-state index contributed by atoms with van der Waals surface area (Å²) in [5.74, 6) is 0.691. The Labute approximate surface area is 93.5 Å². The van der Waals surface area contributed by atoms with Crippen molar-refractivity contribution < 1.29 is 14.3 Å². The van der Waals surface area contributed by atoms with Crippen LogP contribution in [0.3, 0.4) is 0 Å². The van der Waals surface area contributed by atoms with E-state index in [0.717, 1.165) is 5.69 Å². The summed E-state index contributed by atoms with van der Waals surface area (Å²) in [7, 11) is 1.57. The van der Waals surface area contributed by atoms with Crippen LogP contribution >= 0.6 is 0 Å². The molecule has 5 N–H and O–H groups in total. The number of carbonyl (C=O) groups is 1. The smallest absolute Gasteiger partial charge is 0.404 e. The van der Waals surface area contributed by atoms with Crippen LogP contribution in [0.25, 0.3) is 0 Å². The molecule has 0 aliphatic rings. The van der Waals surface area contributed by atoms with Crippen molar-refractivity contribution in [3.63, 3.8) is 0 Å². The Bertz CT molecular complexity index is 368. The molecule has 0 heterocycles. The Morgan fingerprint density at radius 2 is 2.25 bits per heavy atom. The number of ether oxygens (including phenoxy) is 2. The molecule has 0 aliphatic heterocycles. The summed E-state index contributed by atoms with van der Waals surface area (Å²) in [5.41, 5.74) is 11.9. The molecule has 0 unspecified atom stereocenters. The lowest BCUT2D eigenvalue weighted by Gasteiger charge is -2.10. The van der Waals surface area contributed by atoms with Crippen molar-refractivity contribution in [1.29, 1.82) is 0 Å². The molecule has 1 rings (SSSR count). The number of nitrogens with two attached hydrogens (primary N) is 2. The van der Waals surface area contributed by atoms with Crippen molar-refractivity contribution in [3.05, 3.63) is 18.2 Å². The van der Waals surface area contributed by atoms with E-state index < -0.39 is 6.09 Å². The molecule has 0 saturated carbocycles. The Balaban J connectivity index is 2.45. The number of hydrogen-bond acceptors (Lipinski definition) is 5. The Morgan fingerprint density at radius 1 is 1.50 bits per heavy atom. The van der Waals surface area contributed by atoms with Crippen LogP contribution in [0.15, 0.2) is 18.2 Å². The second kappa shape index (κ2) is 5.69. The minimum atomic E-state index is -0.787. The van der Waals surface area contributed by atoms with Crippen LogP contribution in [-0.4, -0.2) is 26.4 Å². The number of methoxy groups -OCH3 is 1. The average molecular weight is 225 g/mol. The third kappa shape index (κ3) is 3.56. The number of benzene rings is 1. The van der Waals surface area contributed by atoms with Gasteiger partial charge in [-0.2, -0.15) is 0 Å². The zero-order chi connectivity index (χ0) is 12.0. The first-order valence-electron chi connectivity index (χ1n) is 4.73. The van der Waals surface area contributed by atoms with E-state index in [-0.39, 0.29) is 6.61 Å². The number of primary amides is 1. The third-order valence-electron chi connectivity index (χ3n) is 1.92. The maximum atomic E-state index is 10.3. The number of carbonyl (C=O) groups excluding carboxylic acids is 1. The molecule has 0 fully saturated rings. The Kier molecular flexibility index (Phi) is 4.26. The van der Waals surface area contributed by atoms with Gasteiger partial charge in [0.2, 0.25) is 0 Å². The molecule has 6 nitrogen and oxygen atoms in total. The second-order valence-corrected chi connectivity index (χ2v) is 3.05. The largest absolute Gasteiger partial charge is 0.497 e. The van der Waals surface area contributed by atoms with E-state index >= 15 is 0 Å². The van der Waals surface area contributed by atoms with Crippen molar-refractivity contribution in [1.82, 2.24) is 0 Å². The zero-order valence-electron chi connectivity index (χ0n) is 9.03. The first-order chi connectivity index (χ1) is 7.63. The second-order valence-electron chi connectivity index (χ2n) is 3.05. The van der Waals surface area contributed by atoms with Gasteiger partial charge in [-0.15, -0.1) is 0 Å². The van der Waals surface area contributed by atoms with Crippen LogP contribution in [0.5, 0.6) is 5.75 Å². The van der Waals surface area contributed by atoms with Crippen molar-refractivity contribution >= 4 is 17.5 Å². The van der Waals surface area contributed by atoms with Crippen LogP contribution in [0.2, 0.25) is 0 Å². The molecule has 0 saturated heterocycles. The first kappa shape index (κ1) is 12.0. The van der Waals surface area contributed by atoms with Gasteiger partial charge in [0.15, 0.2) is 0 Å². The van der Waals surface area contributed by atoms with E-state index in [1.165, 1.54) is 0 Å². The molecule has 88 valence electrons. The highest BCUT2D eigenvalue weighted by Gasteiger charge is 2.00. The average Bonchev–Trinajstić information content (AvgIpc) is 2.25. The minimum absolute atomic E-state index is 0.195. The molecule has 1 aromatic rings. The maximum absolute atomic E-state index is 10.3. The summed E-state index contributed by atoms with van der Waals surface area (Å²) < 4.78 is 9.57. The van der Waals surface area contributed by atoms with Gasteiger partial charge in [-0.05, 0) is 12.1 Å². The highest BCUT2D eigenvalue weighted by Crippen LogP contribution is 2.23. The summed E-state index contributed by atoms with van der Waals surface area (Å²) in [5, 5.41) is 3.01. The maximum Gasteiger partial charge on any atom is 0.404 e. The molecule has 0 aromatic heterocycles. The molecule has 0 aliphatic carbocycles. The summed E-state index contributed by atoms with van der Waals surface area (Å²) in [6, 6.07) is 5.28.